The second-order valence-electron chi connectivity index (χ2n) is 8.32. The van der Waals surface area contributed by atoms with Crippen molar-refractivity contribution in [2.75, 3.05) is 4.90 Å². The number of fused-ring (bicyclic) bond motifs is 1. The fraction of sp³-hybridized carbons (Fsp3) is 0.185. The summed E-state index contributed by atoms with van der Waals surface area (Å²) in [6.45, 7) is -2.83. The number of anilines is 1. The molecule has 0 spiro atoms. The lowest BCUT2D eigenvalue weighted by atomic mass is 10.2. The Bertz CT molecular complexity index is 1530. The highest BCUT2D eigenvalue weighted by atomic mass is 19.3. The largest absolute Gasteiger partial charge is 0.486 e. The van der Waals surface area contributed by atoms with Crippen molar-refractivity contribution in [2.24, 2.45) is 0 Å². The van der Waals surface area contributed by atoms with Crippen LogP contribution in [0.15, 0.2) is 66.7 Å². The van der Waals surface area contributed by atoms with Crippen molar-refractivity contribution in [3.63, 3.8) is 0 Å². The number of halogens is 2. The first-order valence-electron chi connectivity index (χ1n) is 11.4. The molecule has 2 amide bonds. The van der Waals surface area contributed by atoms with Crippen LogP contribution in [0, 0.1) is 11.3 Å². The number of amides is 2. The summed E-state index contributed by atoms with van der Waals surface area (Å²) >= 11 is 0. The van der Waals surface area contributed by atoms with Crippen molar-refractivity contribution in [1.82, 2.24) is 9.55 Å². The van der Waals surface area contributed by atoms with Crippen LogP contribution in [-0.4, -0.2) is 28.0 Å². The first-order chi connectivity index (χ1) is 17.9. The average molecular weight is 502 g/mol. The van der Waals surface area contributed by atoms with Gasteiger partial charge in [-0.25, -0.2) is 4.98 Å². The van der Waals surface area contributed by atoms with Crippen LogP contribution < -0.4 is 14.4 Å². The zero-order chi connectivity index (χ0) is 25.9. The molecule has 0 saturated carbocycles. The van der Waals surface area contributed by atoms with Gasteiger partial charge >= 0.3 is 6.61 Å². The van der Waals surface area contributed by atoms with Gasteiger partial charge in [0.15, 0.2) is 0 Å². The molecule has 1 fully saturated rings. The second-order valence-corrected chi connectivity index (χ2v) is 8.32. The molecule has 0 aliphatic carbocycles. The Balaban J connectivity index is 1.47. The van der Waals surface area contributed by atoms with Gasteiger partial charge < -0.3 is 14.0 Å². The lowest BCUT2D eigenvalue weighted by Crippen LogP contribution is -2.28. The number of nitriles is 1. The van der Waals surface area contributed by atoms with Gasteiger partial charge in [-0.1, -0.05) is 24.3 Å². The van der Waals surface area contributed by atoms with E-state index in [1.165, 1.54) is 6.07 Å². The minimum atomic E-state index is -2.98. The van der Waals surface area contributed by atoms with Gasteiger partial charge in [0, 0.05) is 24.5 Å². The Hall–Kier alpha value is -4.78. The van der Waals surface area contributed by atoms with Crippen molar-refractivity contribution in [3.8, 4) is 17.6 Å². The number of ether oxygens (including phenoxy) is 2. The smallest absolute Gasteiger partial charge is 0.387 e. The first kappa shape index (κ1) is 23.9. The molecule has 37 heavy (non-hydrogen) atoms. The van der Waals surface area contributed by atoms with Crippen molar-refractivity contribution >= 4 is 28.5 Å². The zero-order valence-corrected chi connectivity index (χ0v) is 19.4. The monoisotopic (exact) mass is 502 g/mol. The van der Waals surface area contributed by atoms with Gasteiger partial charge in [-0.2, -0.15) is 14.0 Å². The van der Waals surface area contributed by atoms with E-state index in [2.05, 4.69) is 15.8 Å². The van der Waals surface area contributed by atoms with Crippen LogP contribution in [0.4, 0.5) is 14.5 Å². The Morgan fingerprint density at radius 3 is 2.54 bits per heavy atom. The molecule has 10 heteroatoms. The fourth-order valence-electron chi connectivity index (χ4n) is 4.27. The SMILES string of the molecule is N#Cc1ccc2nc(COc3cccc(N4C(=O)CCC4=O)c3)n(Cc3ccccc3OC(F)F)c2c1. The van der Waals surface area contributed by atoms with E-state index in [1.54, 1.807) is 65.2 Å². The number of aromatic nitrogens is 2. The predicted molar refractivity (Wildman–Crippen MR) is 129 cm³/mol. The van der Waals surface area contributed by atoms with Crippen LogP contribution in [-0.2, 0) is 22.7 Å². The van der Waals surface area contributed by atoms with Crippen LogP contribution in [0.5, 0.6) is 11.5 Å². The summed E-state index contributed by atoms with van der Waals surface area (Å²) in [5.41, 5.74) is 2.58. The maximum Gasteiger partial charge on any atom is 0.387 e. The molecule has 1 saturated heterocycles. The van der Waals surface area contributed by atoms with Gasteiger partial charge in [0.25, 0.3) is 0 Å². The van der Waals surface area contributed by atoms with Gasteiger partial charge in [-0.15, -0.1) is 0 Å². The second kappa shape index (κ2) is 10.1. The Kier molecular flexibility index (Phi) is 6.51. The quantitative estimate of drug-likeness (QED) is 0.322. The maximum absolute atomic E-state index is 13.0. The van der Waals surface area contributed by atoms with Crippen molar-refractivity contribution in [1.29, 1.82) is 5.26 Å². The van der Waals surface area contributed by atoms with Crippen molar-refractivity contribution in [3.05, 3.63) is 83.7 Å². The van der Waals surface area contributed by atoms with E-state index in [1.807, 2.05) is 0 Å². The minimum Gasteiger partial charge on any atom is -0.486 e. The molecule has 1 aliphatic heterocycles. The number of carbonyl (C=O) groups is 2. The molecule has 1 aliphatic rings. The minimum absolute atomic E-state index is 0.000214. The predicted octanol–water partition coefficient (Wildman–Crippen LogP) is 4.79. The van der Waals surface area contributed by atoms with E-state index in [0.717, 1.165) is 4.90 Å². The molecule has 186 valence electrons. The number of nitrogens with zero attached hydrogens (tertiary/aromatic N) is 4. The number of alkyl halides is 2. The summed E-state index contributed by atoms with van der Waals surface area (Å²) in [5.74, 6) is 0.414. The summed E-state index contributed by atoms with van der Waals surface area (Å²) in [6, 6.07) is 20.2. The van der Waals surface area contributed by atoms with E-state index >= 15 is 0 Å². The number of imide groups is 1. The van der Waals surface area contributed by atoms with Crippen molar-refractivity contribution < 1.29 is 27.8 Å². The Morgan fingerprint density at radius 2 is 1.78 bits per heavy atom. The first-order valence-corrected chi connectivity index (χ1v) is 11.4. The number of rotatable bonds is 8. The highest BCUT2D eigenvalue weighted by Gasteiger charge is 2.30. The van der Waals surface area contributed by atoms with Gasteiger partial charge in [0.1, 0.15) is 23.9 Å². The van der Waals surface area contributed by atoms with E-state index in [4.69, 9.17) is 4.74 Å². The zero-order valence-electron chi connectivity index (χ0n) is 19.4. The molecule has 4 aromatic rings. The topological polar surface area (TPSA) is 97.5 Å². The van der Waals surface area contributed by atoms with E-state index in [-0.39, 0.29) is 43.6 Å². The Morgan fingerprint density at radius 1 is 1.00 bits per heavy atom. The molecular formula is C27H20F2N4O4. The van der Waals surface area contributed by atoms with Gasteiger partial charge in [0.2, 0.25) is 11.8 Å². The molecule has 0 bridgehead atoms. The molecule has 0 N–H and O–H groups in total. The number of para-hydroxylation sites is 1. The third-order valence-electron chi connectivity index (χ3n) is 5.97. The number of benzene rings is 3. The molecule has 8 nitrogen and oxygen atoms in total. The molecular weight excluding hydrogens is 482 g/mol. The van der Waals surface area contributed by atoms with Gasteiger partial charge in [-0.3, -0.25) is 14.5 Å². The van der Waals surface area contributed by atoms with E-state index in [0.29, 0.717) is 39.4 Å². The summed E-state index contributed by atoms with van der Waals surface area (Å²) < 4.78 is 38.4. The molecule has 1 aromatic heterocycles. The standard InChI is InChI=1S/C27H20F2N4O4/c28-27(29)37-23-7-2-1-4-18(23)15-32-22-12-17(14-30)8-9-21(22)31-24(32)16-36-20-6-3-5-19(13-20)33-25(34)10-11-26(33)35/h1-9,12-13,27H,10-11,15-16H2. The molecule has 0 radical (unpaired) electrons. The number of carbonyl (C=O) groups excluding carboxylic acids is 2. The third kappa shape index (κ3) is 4.97. The van der Waals surface area contributed by atoms with Gasteiger partial charge in [0.05, 0.1) is 34.9 Å². The average Bonchev–Trinajstić information content (AvgIpc) is 3.41. The molecule has 3 aromatic carbocycles. The summed E-state index contributed by atoms with van der Waals surface area (Å²) in [4.78, 5) is 30.0. The van der Waals surface area contributed by atoms with E-state index < -0.39 is 6.61 Å². The highest BCUT2D eigenvalue weighted by Crippen LogP contribution is 2.28. The Labute approximate surface area is 210 Å². The van der Waals surface area contributed by atoms with Crippen molar-refractivity contribution in [2.45, 2.75) is 32.6 Å². The van der Waals surface area contributed by atoms with E-state index in [9.17, 15) is 23.6 Å². The number of hydrogen-bond acceptors (Lipinski definition) is 6. The molecule has 0 unspecified atom stereocenters. The lowest BCUT2D eigenvalue weighted by molar-refractivity contribution is -0.121. The lowest BCUT2D eigenvalue weighted by Gasteiger charge is -2.16. The highest BCUT2D eigenvalue weighted by molar-refractivity contribution is 6.19. The third-order valence-corrected chi connectivity index (χ3v) is 5.97. The molecule has 5 rings (SSSR count). The maximum atomic E-state index is 13.0. The summed E-state index contributed by atoms with van der Waals surface area (Å²) in [6.07, 6.45) is 0.352. The van der Waals surface area contributed by atoms with Crippen LogP contribution >= 0.6 is 0 Å². The van der Waals surface area contributed by atoms with Crippen LogP contribution in [0.1, 0.15) is 29.8 Å². The normalized spacial score (nSPS) is 13.4. The summed E-state index contributed by atoms with van der Waals surface area (Å²) in [5, 5.41) is 9.37. The van der Waals surface area contributed by atoms with Crippen LogP contribution in [0.2, 0.25) is 0 Å². The number of imidazole rings is 1. The molecule has 2 heterocycles. The van der Waals surface area contributed by atoms with Crippen LogP contribution in [0.25, 0.3) is 11.0 Å². The fourth-order valence-corrected chi connectivity index (χ4v) is 4.27. The summed E-state index contributed by atoms with van der Waals surface area (Å²) in [7, 11) is 0. The van der Waals surface area contributed by atoms with Gasteiger partial charge in [-0.05, 0) is 36.4 Å². The molecule has 0 atom stereocenters. The van der Waals surface area contributed by atoms with Crippen LogP contribution in [0.3, 0.4) is 0 Å². The number of hydrogen-bond donors (Lipinski definition) is 0.